The van der Waals surface area contributed by atoms with Crippen molar-refractivity contribution in [2.24, 2.45) is 0 Å². The summed E-state index contributed by atoms with van der Waals surface area (Å²) in [7, 11) is -4.01. The van der Waals surface area contributed by atoms with Crippen molar-refractivity contribution in [3.05, 3.63) is 53.1 Å². The number of furan rings is 1. The third-order valence-corrected chi connectivity index (χ3v) is 4.81. The molecule has 120 valence electrons. The number of aromatic nitrogens is 2. The summed E-state index contributed by atoms with van der Waals surface area (Å²) in [5.74, 6) is -0.274. The minimum atomic E-state index is -4.01. The zero-order valence-corrected chi connectivity index (χ0v) is 13.4. The molecular formula is C14H11ClFN3O3S. The molecule has 6 nitrogen and oxygen atoms in total. The normalized spacial score (nSPS) is 11.6. The van der Waals surface area contributed by atoms with E-state index in [2.05, 4.69) is 14.9 Å². The smallest absolute Gasteiger partial charge is 0.265 e. The molecule has 2 aromatic heterocycles. The number of nitrogens with one attached hydrogen (secondary N) is 2. The maximum absolute atomic E-state index is 13.8. The number of aryl methyl sites for hydroxylation is 1. The van der Waals surface area contributed by atoms with E-state index >= 15 is 0 Å². The summed E-state index contributed by atoms with van der Waals surface area (Å²) in [5.41, 5.74) is 0.338. The molecule has 0 amide bonds. The van der Waals surface area contributed by atoms with Gasteiger partial charge in [0.1, 0.15) is 22.2 Å². The predicted molar refractivity (Wildman–Crippen MR) is 83.2 cm³/mol. The van der Waals surface area contributed by atoms with Crippen LogP contribution in [0.25, 0.3) is 11.5 Å². The van der Waals surface area contributed by atoms with Gasteiger partial charge in [0.05, 0.1) is 5.69 Å². The lowest BCUT2D eigenvalue weighted by Crippen LogP contribution is -2.14. The maximum atomic E-state index is 13.8. The van der Waals surface area contributed by atoms with Gasteiger partial charge in [-0.2, -0.15) is 5.10 Å². The Morgan fingerprint density at radius 3 is 2.74 bits per heavy atom. The molecule has 0 saturated carbocycles. The molecule has 2 N–H and O–H groups in total. The average Bonchev–Trinajstić information content (AvgIpc) is 3.11. The van der Waals surface area contributed by atoms with E-state index in [1.807, 2.05) is 0 Å². The number of H-pyrrole nitrogens is 1. The van der Waals surface area contributed by atoms with Gasteiger partial charge in [-0.1, -0.05) is 11.6 Å². The fourth-order valence-electron chi connectivity index (χ4n) is 2.03. The first-order chi connectivity index (χ1) is 10.9. The van der Waals surface area contributed by atoms with Crippen molar-refractivity contribution in [3.63, 3.8) is 0 Å². The highest BCUT2D eigenvalue weighted by Crippen LogP contribution is 2.29. The standard InChI is InChI=1S/C14H11ClFN3O3S/c1-8-14(7-13(22-8)12-4-5-17-18-12)23(20,21)19-11-3-2-9(15)6-10(11)16/h2-7,19H,1H3,(H,17,18). The number of rotatable bonds is 4. The summed E-state index contributed by atoms with van der Waals surface area (Å²) in [6.45, 7) is 1.51. The zero-order chi connectivity index (χ0) is 16.6. The van der Waals surface area contributed by atoms with Gasteiger partial charge in [-0.05, 0) is 31.2 Å². The summed E-state index contributed by atoms with van der Waals surface area (Å²) >= 11 is 5.65. The van der Waals surface area contributed by atoms with Gasteiger partial charge in [0.15, 0.2) is 5.76 Å². The maximum Gasteiger partial charge on any atom is 0.265 e. The number of hydrogen-bond donors (Lipinski definition) is 2. The molecule has 0 aliphatic carbocycles. The van der Waals surface area contributed by atoms with E-state index in [9.17, 15) is 12.8 Å². The zero-order valence-electron chi connectivity index (χ0n) is 11.8. The van der Waals surface area contributed by atoms with Crippen LogP contribution >= 0.6 is 11.6 Å². The Morgan fingerprint density at radius 1 is 1.30 bits per heavy atom. The van der Waals surface area contributed by atoms with Crippen LogP contribution in [-0.2, 0) is 10.0 Å². The van der Waals surface area contributed by atoms with Gasteiger partial charge in [0.2, 0.25) is 0 Å². The number of nitrogens with zero attached hydrogens (tertiary/aromatic N) is 1. The third-order valence-electron chi connectivity index (χ3n) is 3.10. The van der Waals surface area contributed by atoms with Gasteiger partial charge >= 0.3 is 0 Å². The molecular weight excluding hydrogens is 345 g/mol. The van der Waals surface area contributed by atoms with Crippen LogP contribution in [0.4, 0.5) is 10.1 Å². The molecule has 2 heterocycles. The van der Waals surface area contributed by atoms with Crippen molar-refractivity contribution in [1.82, 2.24) is 10.2 Å². The molecule has 3 rings (SSSR count). The van der Waals surface area contributed by atoms with Crippen molar-refractivity contribution < 1.29 is 17.2 Å². The quantitative estimate of drug-likeness (QED) is 0.748. The Balaban J connectivity index is 1.97. The summed E-state index contributed by atoms with van der Waals surface area (Å²) in [5, 5.41) is 6.62. The molecule has 9 heteroatoms. The lowest BCUT2D eigenvalue weighted by Gasteiger charge is -2.08. The number of aromatic amines is 1. The highest BCUT2D eigenvalue weighted by atomic mass is 35.5. The van der Waals surface area contributed by atoms with Crippen LogP contribution < -0.4 is 4.72 Å². The third kappa shape index (κ3) is 3.08. The van der Waals surface area contributed by atoms with Crippen LogP contribution in [0.2, 0.25) is 5.02 Å². The van der Waals surface area contributed by atoms with E-state index in [0.717, 1.165) is 6.07 Å². The summed E-state index contributed by atoms with van der Waals surface area (Å²) < 4.78 is 46.3. The number of hydrogen-bond acceptors (Lipinski definition) is 4. The Hall–Kier alpha value is -2.32. The molecule has 1 aromatic carbocycles. The number of halogens is 2. The Bertz CT molecular complexity index is 952. The fraction of sp³-hybridized carbons (Fsp3) is 0.0714. The second-order valence-electron chi connectivity index (χ2n) is 4.73. The summed E-state index contributed by atoms with van der Waals surface area (Å²) in [4.78, 5) is -0.0866. The van der Waals surface area contributed by atoms with E-state index in [0.29, 0.717) is 11.5 Å². The molecule has 0 atom stereocenters. The van der Waals surface area contributed by atoms with Crippen molar-refractivity contribution in [3.8, 4) is 11.5 Å². The van der Waals surface area contributed by atoms with Gasteiger partial charge in [0, 0.05) is 17.3 Å². The second-order valence-corrected chi connectivity index (χ2v) is 6.82. The van der Waals surface area contributed by atoms with E-state index in [1.165, 1.54) is 31.3 Å². The van der Waals surface area contributed by atoms with Crippen LogP contribution in [-0.4, -0.2) is 18.6 Å². The van der Waals surface area contributed by atoms with Crippen molar-refractivity contribution in [1.29, 1.82) is 0 Å². The topological polar surface area (TPSA) is 88.0 Å². The van der Waals surface area contributed by atoms with Crippen LogP contribution in [0.15, 0.2) is 45.8 Å². The first kappa shape index (κ1) is 15.6. The van der Waals surface area contributed by atoms with Crippen molar-refractivity contribution >= 4 is 27.3 Å². The SMILES string of the molecule is Cc1oc(-c2ccn[nH]2)cc1S(=O)(=O)Nc1ccc(Cl)cc1F. The predicted octanol–water partition coefficient (Wildman–Crippen LogP) is 3.57. The molecule has 0 saturated heterocycles. The number of sulfonamides is 1. The lowest BCUT2D eigenvalue weighted by atomic mass is 10.3. The first-order valence-corrected chi connectivity index (χ1v) is 8.31. The minimum absolute atomic E-state index is 0.0866. The van der Waals surface area contributed by atoms with Crippen molar-refractivity contribution in [2.45, 2.75) is 11.8 Å². The van der Waals surface area contributed by atoms with Crippen LogP contribution in [0, 0.1) is 12.7 Å². The van der Waals surface area contributed by atoms with E-state index in [4.69, 9.17) is 16.0 Å². The molecule has 0 bridgehead atoms. The Kier molecular flexibility index (Phi) is 3.87. The molecule has 0 aliphatic heterocycles. The molecule has 0 unspecified atom stereocenters. The highest BCUT2D eigenvalue weighted by molar-refractivity contribution is 7.92. The number of anilines is 1. The molecule has 0 fully saturated rings. The summed E-state index contributed by atoms with van der Waals surface area (Å²) in [6.07, 6.45) is 1.52. The number of benzene rings is 1. The Labute approximate surface area is 136 Å². The van der Waals surface area contributed by atoms with Gasteiger partial charge in [-0.15, -0.1) is 0 Å². The van der Waals surface area contributed by atoms with Crippen molar-refractivity contribution in [2.75, 3.05) is 4.72 Å². The minimum Gasteiger partial charge on any atom is -0.458 e. The second kappa shape index (κ2) is 5.71. The molecule has 0 spiro atoms. The molecule has 3 aromatic rings. The van der Waals surface area contributed by atoms with Gasteiger partial charge in [-0.3, -0.25) is 9.82 Å². The van der Waals surface area contributed by atoms with Gasteiger partial charge < -0.3 is 4.42 Å². The highest BCUT2D eigenvalue weighted by Gasteiger charge is 2.23. The van der Waals surface area contributed by atoms with Crippen LogP contribution in [0.5, 0.6) is 0 Å². The van der Waals surface area contributed by atoms with E-state index < -0.39 is 15.8 Å². The Morgan fingerprint density at radius 2 is 2.09 bits per heavy atom. The van der Waals surface area contributed by atoms with Crippen LogP contribution in [0.1, 0.15) is 5.76 Å². The monoisotopic (exact) mass is 355 g/mol. The van der Waals surface area contributed by atoms with Crippen LogP contribution in [0.3, 0.4) is 0 Å². The average molecular weight is 356 g/mol. The summed E-state index contributed by atoms with van der Waals surface area (Å²) in [6, 6.07) is 6.65. The fourth-order valence-corrected chi connectivity index (χ4v) is 3.44. The molecule has 0 aliphatic rings. The molecule has 23 heavy (non-hydrogen) atoms. The van der Waals surface area contributed by atoms with Gasteiger partial charge in [-0.25, -0.2) is 12.8 Å². The van der Waals surface area contributed by atoms with Gasteiger partial charge in [0.25, 0.3) is 10.0 Å². The lowest BCUT2D eigenvalue weighted by molar-refractivity contribution is 0.533. The van der Waals surface area contributed by atoms with E-state index in [-0.39, 0.29) is 21.4 Å². The largest absolute Gasteiger partial charge is 0.458 e. The molecule has 0 radical (unpaired) electrons. The van der Waals surface area contributed by atoms with E-state index in [1.54, 1.807) is 6.07 Å². The first-order valence-electron chi connectivity index (χ1n) is 6.45.